The second-order valence-corrected chi connectivity index (χ2v) is 5.68. The van der Waals surface area contributed by atoms with Crippen molar-refractivity contribution in [3.63, 3.8) is 0 Å². The smallest absolute Gasteiger partial charge is 0.311 e. The Morgan fingerprint density at radius 2 is 2.42 bits per heavy atom. The van der Waals surface area contributed by atoms with Crippen LogP contribution in [0.1, 0.15) is 36.9 Å². The molecule has 0 aliphatic heterocycles. The number of nitrogens with zero attached hydrogens (tertiary/aromatic N) is 3. The first-order valence-corrected chi connectivity index (χ1v) is 6.30. The molecule has 1 fully saturated rings. The minimum Gasteiger partial charge on any atom is -0.481 e. The molecule has 2 aliphatic rings. The SMILES string of the molecule is CC12CCC1C(C(=O)O)c1cnc3cc(F)nn3c12. The van der Waals surface area contributed by atoms with Crippen LogP contribution >= 0.6 is 0 Å². The molecule has 4 rings (SSSR count). The van der Waals surface area contributed by atoms with Crippen LogP contribution in [0.5, 0.6) is 0 Å². The van der Waals surface area contributed by atoms with Crippen LogP contribution < -0.4 is 0 Å². The summed E-state index contributed by atoms with van der Waals surface area (Å²) in [4.78, 5) is 15.6. The molecule has 0 aromatic carbocycles. The standard InChI is InChI=1S/C13H12FN3O2/c1-13-3-2-7(13)10(12(18)19)6-5-15-9-4-8(14)16-17(9)11(6)13/h4-5,7,10H,2-3H2,1H3,(H,18,19). The summed E-state index contributed by atoms with van der Waals surface area (Å²) in [5, 5.41) is 13.3. The van der Waals surface area contributed by atoms with Crippen molar-refractivity contribution in [1.29, 1.82) is 0 Å². The molecule has 3 atom stereocenters. The van der Waals surface area contributed by atoms with Crippen LogP contribution in [0.3, 0.4) is 0 Å². The van der Waals surface area contributed by atoms with E-state index >= 15 is 0 Å². The number of carbonyl (C=O) groups is 1. The van der Waals surface area contributed by atoms with Crippen LogP contribution in [-0.4, -0.2) is 25.7 Å². The van der Waals surface area contributed by atoms with Gasteiger partial charge in [-0.1, -0.05) is 6.92 Å². The average Bonchev–Trinajstić information content (AvgIpc) is 2.78. The van der Waals surface area contributed by atoms with E-state index in [1.54, 1.807) is 6.20 Å². The van der Waals surface area contributed by atoms with Crippen molar-refractivity contribution < 1.29 is 14.3 Å². The van der Waals surface area contributed by atoms with Crippen molar-refractivity contribution >= 4 is 11.6 Å². The summed E-state index contributed by atoms with van der Waals surface area (Å²) in [7, 11) is 0. The molecule has 19 heavy (non-hydrogen) atoms. The molecule has 1 saturated carbocycles. The Bertz CT molecular complexity index is 726. The normalized spacial score (nSPS) is 31.9. The minimum absolute atomic E-state index is 0.0691. The van der Waals surface area contributed by atoms with E-state index < -0.39 is 17.8 Å². The molecule has 5 nitrogen and oxygen atoms in total. The number of carboxylic acids is 1. The number of carboxylic acid groups (broad SMARTS) is 1. The number of aromatic nitrogens is 3. The lowest BCUT2D eigenvalue weighted by molar-refractivity contribution is -0.141. The number of rotatable bonds is 1. The lowest BCUT2D eigenvalue weighted by atomic mass is 9.60. The number of fused-ring (bicyclic) bond motifs is 5. The van der Waals surface area contributed by atoms with Gasteiger partial charge < -0.3 is 5.11 Å². The quantitative estimate of drug-likeness (QED) is 0.848. The number of aliphatic carboxylic acids is 1. The fourth-order valence-corrected chi connectivity index (χ4v) is 3.81. The van der Waals surface area contributed by atoms with Gasteiger partial charge in [0.25, 0.3) is 0 Å². The maximum Gasteiger partial charge on any atom is 0.311 e. The maximum absolute atomic E-state index is 13.3. The van der Waals surface area contributed by atoms with Gasteiger partial charge in [-0.05, 0) is 18.8 Å². The van der Waals surface area contributed by atoms with Gasteiger partial charge in [0, 0.05) is 23.2 Å². The van der Waals surface area contributed by atoms with Crippen molar-refractivity contribution in [2.24, 2.45) is 5.92 Å². The Morgan fingerprint density at radius 1 is 1.63 bits per heavy atom. The predicted molar refractivity (Wildman–Crippen MR) is 63.4 cm³/mol. The van der Waals surface area contributed by atoms with Gasteiger partial charge in [-0.15, -0.1) is 5.10 Å². The lowest BCUT2D eigenvalue weighted by Gasteiger charge is -2.43. The number of halogens is 1. The molecule has 2 aromatic rings. The van der Waals surface area contributed by atoms with Gasteiger partial charge in [-0.25, -0.2) is 9.50 Å². The van der Waals surface area contributed by atoms with E-state index in [1.807, 2.05) is 6.92 Å². The van der Waals surface area contributed by atoms with Crippen molar-refractivity contribution in [1.82, 2.24) is 14.6 Å². The Kier molecular flexibility index (Phi) is 1.79. The van der Waals surface area contributed by atoms with E-state index in [4.69, 9.17) is 0 Å². The Labute approximate surface area is 108 Å². The molecule has 1 N–H and O–H groups in total. The first-order valence-electron chi connectivity index (χ1n) is 6.30. The van der Waals surface area contributed by atoms with Gasteiger partial charge >= 0.3 is 5.97 Å². The highest BCUT2D eigenvalue weighted by atomic mass is 19.1. The Balaban J connectivity index is 2.07. The van der Waals surface area contributed by atoms with Gasteiger partial charge in [-0.3, -0.25) is 4.79 Å². The topological polar surface area (TPSA) is 67.5 Å². The largest absolute Gasteiger partial charge is 0.481 e. The first-order chi connectivity index (χ1) is 9.02. The van der Waals surface area contributed by atoms with E-state index in [-0.39, 0.29) is 11.3 Å². The molecule has 3 unspecified atom stereocenters. The van der Waals surface area contributed by atoms with Gasteiger partial charge in [0.2, 0.25) is 5.95 Å². The van der Waals surface area contributed by atoms with Crippen LogP contribution in [0.2, 0.25) is 0 Å². The molecule has 0 spiro atoms. The molecule has 2 heterocycles. The fraction of sp³-hybridized carbons (Fsp3) is 0.462. The van der Waals surface area contributed by atoms with Crippen LogP contribution in [-0.2, 0) is 10.2 Å². The van der Waals surface area contributed by atoms with Crippen molar-refractivity contribution in [2.45, 2.75) is 31.1 Å². The zero-order valence-electron chi connectivity index (χ0n) is 10.3. The summed E-state index contributed by atoms with van der Waals surface area (Å²) in [5.41, 5.74) is 1.73. The van der Waals surface area contributed by atoms with E-state index in [1.165, 1.54) is 10.6 Å². The Morgan fingerprint density at radius 3 is 3.05 bits per heavy atom. The average molecular weight is 261 g/mol. The van der Waals surface area contributed by atoms with Gasteiger partial charge in [-0.2, -0.15) is 4.39 Å². The third-order valence-corrected chi connectivity index (χ3v) is 4.82. The number of hydrogen-bond donors (Lipinski definition) is 1. The highest BCUT2D eigenvalue weighted by Gasteiger charge is 2.59. The summed E-state index contributed by atoms with van der Waals surface area (Å²) in [5.74, 6) is -1.89. The zero-order valence-corrected chi connectivity index (χ0v) is 10.3. The van der Waals surface area contributed by atoms with Crippen LogP contribution in [0.25, 0.3) is 5.65 Å². The number of hydrogen-bond acceptors (Lipinski definition) is 3. The molecule has 2 aromatic heterocycles. The molecule has 2 aliphatic carbocycles. The second-order valence-electron chi connectivity index (χ2n) is 5.68. The summed E-state index contributed by atoms with van der Waals surface area (Å²) in [6.45, 7) is 2.04. The zero-order chi connectivity index (χ0) is 13.4. The Hall–Kier alpha value is -1.98. The summed E-state index contributed by atoms with van der Waals surface area (Å²) in [6, 6.07) is 1.27. The fourth-order valence-electron chi connectivity index (χ4n) is 3.81. The highest BCUT2D eigenvalue weighted by Crippen LogP contribution is 2.61. The van der Waals surface area contributed by atoms with Crippen molar-refractivity contribution in [3.8, 4) is 0 Å². The maximum atomic E-state index is 13.3. The third-order valence-electron chi connectivity index (χ3n) is 4.82. The monoisotopic (exact) mass is 261 g/mol. The van der Waals surface area contributed by atoms with E-state index in [0.717, 1.165) is 18.5 Å². The molecule has 0 radical (unpaired) electrons. The molecule has 6 heteroatoms. The summed E-state index contributed by atoms with van der Waals surface area (Å²) < 4.78 is 14.8. The van der Waals surface area contributed by atoms with Crippen LogP contribution in [0.4, 0.5) is 4.39 Å². The molecular formula is C13H12FN3O2. The van der Waals surface area contributed by atoms with Gasteiger partial charge in [0.15, 0.2) is 5.65 Å². The third kappa shape index (κ3) is 1.12. The van der Waals surface area contributed by atoms with Crippen LogP contribution in [0, 0.1) is 11.9 Å². The van der Waals surface area contributed by atoms with E-state index in [9.17, 15) is 14.3 Å². The molecule has 0 amide bonds. The van der Waals surface area contributed by atoms with E-state index in [2.05, 4.69) is 10.1 Å². The summed E-state index contributed by atoms with van der Waals surface area (Å²) in [6.07, 6.45) is 3.37. The van der Waals surface area contributed by atoms with E-state index in [0.29, 0.717) is 11.2 Å². The molecule has 0 saturated heterocycles. The first kappa shape index (κ1) is 10.9. The lowest BCUT2D eigenvalue weighted by Crippen LogP contribution is -2.41. The highest BCUT2D eigenvalue weighted by molar-refractivity contribution is 5.79. The predicted octanol–water partition coefficient (Wildman–Crippen LogP) is 1.72. The van der Waals surface area contributed by atoms with Gasteiger partial charge in [0.05, 0.1) is 11.6 Å². The van der Waals surface area contributed by atoms with Crippen molar-refractivity contribution in [3.05, 3.63) is 29.5 Å². The second kappa shape index (κ2) is 3.12. The summed E-state index contributed by atoms with van der Waals surface area (Å²) >= 11 is 0. The van der Waals surface area contributed by atoms with Gasteiger partial charge in [0.1, 0.15) is 0 Å². The minimum atomic E-state index is -0.830. The molecule has 0 bridgehead atoms. The van der Waals surface area contributed by atoms with Crippen molar-refractivity contribution in [2.75, 3.05) is 0 Å². The molecule has 98 valence electrons. The molecular weight excluding hydrogens is 249 g/mol. The van der Waals surface area contributed by atoms with Crippen LogP contribution in [0.15, 0.2) is 12.3 Å².